The number of hydrogen-bond donors (Lipinski definition) is 2. The fourth-order valence-corrected chi connectivity index (χ4v) is 2.27. The highest BCUT2D eigenvalue weighted by atomic mass is 35.5. The Kier molecular flexibility index (Phi) is 2.71. The summed E-state index contributed by atoms with van der Waals surface area (Å²) in [6, 6.07) is 8.92. The van der Waals surface area contributed by atoms with Gasteiger partial charge in [-0.2, -0.15) is 0 Å². The van der Waals surface area contributed by atoms with Crippen LogP contribution in [0.3, 0.4) is 0 Å². The average molecular weight is 250 g/mol. The van der Waals surface area contributed by atoms with Crippen molar-refractivity contribution in [3.05, 3.63) is 34.9 Å². The van der Waals surface area contributed by atoms with Gasteiger partial charge >= 0.3 is 0 Å². The van der Waals surface area contributed by atoms with Gasteiger partial charge in [0.15, 0.2) is 5.96 Å². The van der Waals surface area contributed by atoms with Gasteiger partial charge < -0.3 is 11.1 Å². The molecule has 0 aliphatic heterocycles. The molecule has 4 heteroatoms. The van der Waals surface area contributed by atoms with Crippen LogP contribution in [0.5, 0.6) is 0 Å². The van der Waals surface area contributed by atoms with Crippen molar-refractivity contribution in [3.8, 4) is 0 Å². The normalized spacial score (nSPS) is 27.9. The number of nitrogens with zero attached hydrogens (tertiary/aromatic N) is 1. The molecule has 0 bridgehead atoms. The molecule has 3 nitrogen and oxygen atoms in total. The van der Waals surface area contributed by atoms with Crippen molar-refractivity contribution in [2.24, 2.45) is 10.7 Å². The first-order valence-electron chi connectivity index (χ1n) is 6.07. The van der Waals surface area contributed by atoms with E-state index in [9.17, 15) is 0 Å². The molecule has 0 saturated heterocycles. The summed E-state index contributed by atoms with van der Waals surface area (Å²) in [6.45, 7) is 0. The molecule has 2 fully saturated rings. The van der Waals surface area contributed by atoms with E-state index in [1.165, 1.54) is 18.4 Å². The second-order valence-corrected chi connectivity index (χ2v) is 5.33. The zero-order valence-corrected chi connectivity index (χ0v) is 10.3. The van der Waals surface area contributed by atoms with E-state index < -0.39 is 0 Å². The molecule has 0 unspecified atom stereocenters. The van der Waals surface area contributed by atoms with Crippen LogP contribution in [0.15, 0.2) is 29.3 Å². The lowest BCUT2D eigenvalue weighted by Gasteiger charge is -2.03. The maximum absolute atomic E-state index is 5.97. The van der Waals surface area contributed by atoms with Gasteiger partial charge in [-0.05, 0) is 37.0 Å². The van der Waals surface area contributed by atoms with Gasteiger partial charge in [0.2, 0.25) is 0 Å². The number of halogens is 1. The van der Waals surface area contributed by atoms with Gasteiger partial charge in [0.25, 0.3) is 0 Å². The molecule has 0 heterocycles. The van der Waals surface area contributed by atoms with E-state index in [-0.39, 0.29) is 0 Å². The van der Waals surface area contributed by atoms with Crippen LogP contribution in [-0.2, 0) is 0 Å². The number of rotatable bonds is 3. The minimum absolute atomic E-state index is 0.333. The van der Waals surface area contributed by atoms with Crippen LogP contribution < -0.4 is 11.1 Å². The Hall–Kier alpha value is -1.22. The summed E-state index contributed by atoms with van der Waals surface area (Å²) in [5.74, 6) is 1.09. The standard InChI is InChI=1S/C13H16ClN3/c14-9-3-1-2-8(6-9)11-7-12(11)17-13(15)16-10-4-5-10/h1-3,6,10-12H,4-5,7H2,(H3,15,16,17)/t11-,12+/m0/s1. The van der Waals surface area contributed by atoms with E-state index in [2.05, 4.69) is 16.4 Å². The van der Waals surface area contributed by atoms with Crippen LogP contribution in [0, 0.1) is 0 Å². The predicted molar refractivity (Wildman–Crippen MR) is 70.4 cm³/mol. The van der Waals surface area contributed by atoms with Crippen LogP contribution in [-0.4, -0.2) is 18.0 Å². The van der Waals surface area contributed by atoms with Crippen LogP contribution in [0.2, 0.25) is 5.02 Å². The van der Waals surface area contributed by atoms with Gasteiger partial charge in [0.1, 0.15) is 0 Å². The third-order valence-corrected chi connectivity index (χ3v) is 3.50. The fraction of sp³-hybridized carbons (Fsp3) is 0.462. The zero-order chi connectivity index (χ0) is 11.8. The summed E-state index contributed by atoms with van der Waals surface area (Å²) in [4.78, 5) is 4.50. The van der Waals surface area contributed by atoms with E-state index in [4.69, 9.17) is 17.3 Å². The summed E-state index contributed by atoms with van der Waals surface area (Å²) >= 11 is 5.97. The molecule has 0 aromatic heterocycles. The lowest BCUT2D eigenvalue weighted by Crippen LogP contribution is -2.33. The summed E-state index contributed by atoms with van der Waals surface area (Å²) in [5.41, 5.74) is 7.11. The van der Waals surface area contributed by atoms with Crippen molar-refractivity contribution in [3.63, 3.8) is 0 Å². The molecule has 0 spiro atoms. The molecule has 90 valence electrons. The largest absolute Gasteiger partial charge is 0.370 e. The van der Waals surface area contributed by atoms with E-state index >= 15 is 0 Å². The first kappa shape index (κ1) is 10.9. The highest BCUT2D eigenvalue weighted by Crippen LogP contribution is 2.43. The predicted octanol–water partition coefficient (Wildman–Crippen LogP) is 2.26. The van der Waals surface area contributed by atoms with Gasteiger partial charge in [-0.15, -0.1) is 0 Å². The first-order valence-corrected chi connectivity index (χ1v) is 6.45. The Balaban J connectivity index is 1.61. The number of guanidine groups is 1. The Morgan fingerprint density at radius 1 is 1.41 bits per heavy atom. The van der Waals surface area contributed by atoms with Crippen molar-refractivity contribution in [2.45, 2.75) is 37.3 Å². The smallest absolute Gasteiger partial charge is 0.189 e. The topological polar surface area (TPSA) is 50.4 Å². The monoisotopic (exact) mass is 249 g/mol. The second-order valence-electron chi connectivity index (χ2n) is 4.90. The van der Waals surface area contributed by atoms with E-state index in [0.717, 1.165) is 11.4 Å². The molecular weight excluding hydrogens is 234 g/mol. The first-order chi connectivity index (χ1) is 8.22. The second kappa shape index (κ2) is 4.22. The van der Waals surface area contributed by atoms with E-state index in [0.29, 0.717) is 24.0 Å². The lowest BCUT2D eigenvalue weighted by molar-refractivity contribution is 0.871. The molecule has 2 aliphatic rings. The quantitative estimate of drug-likeness (QED) is 0.638. The Bertz CT molecular complexity index is 454. The van der Waals surface area contributed by atoms with Gasteiger partial charge in [0.05, 0.1) is 6.04 Å². The Labute approximate surface area is 106 Å². The number of hydrogen-bond acceptors (Lipinski definition) is 1. The number of nitrogens with two attached hydrogens (primary N) is 1. The molecule has 0 amide bonds. The van der Waals surface area contributed by atoms with Crippen molar-refractivity contribution >= 4 is 17.6 Å². The molecule has 3 N–H and O–H groups in total. The van der Waals surface area contributed by atoms with Crippen LogP contribution in [0.1, 0.15) is 30.7 Å². The summed E-state index contributed by atoms with van der Waals surface area (Å²) < 4.78 is 0. The molecular formula is C13H16ClN3. The van der Waals surface area contributed by atoms with Crippen molar-refractivity contribution in [1.29, 1.82) is 0 Å². The molecule has 3 rings (SSSR count). The van der Waals surface area contributed by atoms with Crippen LogP contribution in [0.25, 0.3) is 0 Å². The number of nitrogens with one attached hydrogen (secondary N) is 1. The van der Waals surface area contributed by atoms with Crippen LogP contribution in [0.4, 0.5) is 0 Å². The third kappa shape index (κ3) is 2.72. The molecule has 1 aromatic rings. The maximum Gasteiger partial charge on any atom is 0.189 e. The minimum atomic E-state index is 0.333. The Morgan fingerprint density at radius 2 is 2.24 bits per heavy atom. The number of aliphatic imine (C=N–C) groups is 1. The molecule has 0 radical (unpaired) electrons. The van der Waals surface area contributed by atoms with Crippen LogP contribution >= 0.6 is 11.6 Å². The summed E-state index contributed by atoms with van der Waals surface area (Å²) in [6.07, 6.45) is 3.52. The SMILES string of the molecule is NC(=N[C@@H]1C[C@H]1c1cccc(Cl)c1)NC1CC1. The maximum atomic E-state index is 5.97. The zero-order valence-electron chi connectivity index (χ0n) is 9.57. The van der Waals surface area contributed by atoms with Gasteiger partial charge in [-0.3, -0.25) is 0 Å². The van der Waals surface area contributed by atoms with Gasteiger partial charge in [-0.25, -0.2) is 4.99 Å². The summed E-state index contributed by atoms with van der Waals surface area (Å²) in [7, 11) is 0. The van der Waals surface area contributed by atoms with Gasteiger partial charge in [0, 0.05) is 17.0 Å². The van der Waals surface area contributed by atoms with Crippen molar-refractivity contribution in [2.75, 3.05) is 0 Å². The highest BCUT2D eigenvalue weighted by molar-refractivity contribution is 6.30. The average Bonchev–Trinajstić information content (AvgIpc) is 3.15. The molecule has 1 aromatic carbocycles. The van der Waals surface area contributed by atoms with Gasteiger partial charge in [-0.1, -0.05) is 23.7 Å². The molecule has 2 atom stereocenters. The lowest BCUT2D eigenvalue weighted by atomic mass is 10.1. The molecule has 2 aliphatic carbocycles. The minimum Gasteiger partial charge on any atom is -0.370 e. The van der Waals surface area contributed by atoms with E-state index in [1.807, 2.05) is 18.2 Å². The molecule has 2 saturated carbocycles. The number of benzene rings is 1. The van der Waals surface area contributed by atoms with E-state index in [1.54, 1.807) is 0 Å². The summed E-state index contributed by atoms with van der Waals surface area (Å²) in [5, 5.41) is 4.00. The third-order valence-electron chi connectivity index (χ3n) is 3.27. The highest BCUT2D eigenvalue weighted by Gasteiger charge is 2.38. The molecule has 17 heavy (non-hydrogen) atoms. The van der Waals surface area contributed by atoms with Crippen molar-refractivity contribution < 1.29 is 0 Å². The van der Waals surface area contributed by atoms with Crippen molar-refractivity contribution in [1.82, 2.24) is 5.32 Å². The fourth-order valence-electron chi connectivity index (χ4n) is 2.07. The Morgan fingerprint density at radius 3 is 2.94 bits per heavy atom.